The Balaban J connectivity index is 1.75. The van der Waals surface area contributed by atoms with Gasteiger partial charge in [0.15, 0.2) is 0 Å². The van der Waals surface area contributed by atoms with E-state index in [2.05, 4.69) is 4.99 Å². The van der Waals surface area contributed by atoms with Crippen LogP contribution in [0.1, 0.15) is 25.7 Å². The van der Waals surface area contributed by atoms with Crippen molar-refractivity contribution in [3.8, 4) is 0 Å². The van der Waals surface area contributed by atoms with Crippen molar-refractivity contribution >= 4 is 11.8 Å². The molecule has 0 radical (unpaired) electrons. The number of aliphatic imine (C=N–C) groups is 1. The first-order valence-corrected chi connectivity index (χ1v) is 5.89. The van der Waals surface area contributed by atoms with Crippen molar-refractivity contribution < 1.29 is 9.47 Å². The van der Waals surface area contributed by atoms with Crippen LogP contribution in [0.15, 0.2) is 35.3 Å². The van der Waals surface area contributed by atoms with Crippen LogP contribution < -0.4 is 0 Å². The van der Waals surface area contributed by atoms with Crippen molar-refractivity contribution in [3.05, 3.63) is 30.3 Å². The minimum atomic E-state index is 0.233. The summed E-state index contributed by atoms with van der Waals surface area (Å²) in [5.41, 5.74) is 0.885. The molecule has 3 heteroatoms. The highest BCUT2D eigenvalue weighted by Crippen LogP contribution is 2.30. The highest BCUT2D eigenvalue weighted by atomic mass is 16.7. The molecule has 0 bridgehead atoms. The molecule has 1 aromatic rings. The van der Waals surface area contributed by atoms with Crippen LogP contribution in [0.2, 0.25) is 0 Å². The molecular weight excluding hydrogens is 202 g/mol. The summed E-state index contributed by atoms with van der Waals surface area (Å²) < 4.78 is 11.4. The average molecular weight is 217 g/mol. The lowest BCUT2D eigenvalue weighted by molar-refractivity contribution is 0.110. The lowest BCUT2D eigenvalue weighted by Crippen LogP contribution is -2.25. The summed E-state index contributed by atoms with van der Waals surface area (Å²) in [6.07, 6.45) is 5.58. The van der Waals surface area contributed by atoms with Crippen LogP contribution in [0.3, 0.4) is 0 Å². The molecule has 0 amide bonds. The Bertz CT molecular complexity index is 372. The topological polar surface area (TPSA) is 30.8 Å². The Morgan fingerprint density at radius 3 is 2.19 bits per heavy atom. The average Bonchev–Trinajstić information content (AvgIpc) is 2.72. The van der Waals surface area contributed by atoms with Crippen molar-refractivity contribution in [2.45, 2.75) is 37.9 Å². The summed E-state index contributed by atoms with van der Waals surface area (Å²) in [7, 11) is 0. The molecule has 3 nitrogen and oxygen atoms in total. The van der Waals surface area contributed by atoms with E-state index in [1.807, 2.05) is 30.3 Å². The Labute approximate surface area is 95.1 Å². The summed E-state index contributed by atoms with van der Waals surface area (Å²) in [5.74, 6) is 0. The van der Waals surface area contributed by atoms with E-state index in [1.54, 1.807) is 0 Å². The van der Waals surface area contributed by atoms with Gasteiger partial charge >= 0.3 is 6.08 Å². The lowest BCUT2D eigenvalue weighted by Gasteiger charge is -2.19. The summed E-state index contributed by atoms with van der Waals surface area (Å²) in [4.78, 5) is 4.35. The van der Waals surface area contributed by atoms with E-state index in [0.717, 1.165) is 18.5 Å². The van der Waals surface area contributed by atoms with E-state index in [1.165, 1.54) is 12.8 Å². The van der Waals surface area contributed by atoms with E-state index < -0.39 is 0 Å². The fraction of sp³-hybridized carbons (Fsp3) is 0.462. The number of rotatable bonds is 1. The second-order valence-electron chi connectivity index (χ2n) is 4.31. The highest BCUT2D eigenvalue weighted by Gasteiger charge is 2.36. The SMILES string of the molecule is c1ccc(N=C2OC3CCCCC3O2)cc1. The molecule has 1 saturated carbocycles. The van der Waals surface area contributed by atoms with Crippen LogP contribution in [0.4, 0.5) is 5.69 Å². The van der Waals surface area contributed by atoms with E-state index in [4.69, 9.17) is 9.47 Å². The highest BCUT2D eigenvalue weighted by molar-refractivity contribution is 5.73. The van der Waals surface area contributed by atoms with Gasteiger partial charge in [-0.05, 0) is 37.8 Å². The van der Waals surface area contributed by atoms with Crippen LogP contribution in [0.5, 0.6) is 0 Å². The third-order valence-electron chi connectivity index (χ3n) is 3.12. The molecular formula is C13H15NO2. The Hall–Kier alpha value is -1.51. The van der Waals surface area contributed by atoms with Gasteiger partial charge in [0.25, 0.3) is 0 Å². The zero-order chi connectivity index (χ0) is 10.8. The maximum absolute atomic E-state index is 5.70. The molecule has 2 aliphatic rings. The van der Waals surface area contributed by atoms with Gasteiger partial charge in [-0.3, -0.25) is 0 Å². The van der Waals surface area contributed by atoms with Crippen molar-refractivity contribution in [2.75, 3.05) is 0 Å². The molecule has 16 heavy (non-hydrogen) atoms. The maximum Gasteiger partial charge on any atom is 0.389 e. The molecule has 0 aromatic heterocycles. The van der Waals surface area contributed by atoms with Gasteiger partial charge in [-0.25, -0.2) is 0 Å². The maximum atomic E-state index is 5.70. The number of hydrogen-bond acceptors (Lipinski definition) is 3. The number of ether oxygens (including phenoxy) is 2. The number of fused-ring (bicyclic) bond motifs is 1. The van der Waals surface area contributed by atoms with E-state index in [9.17, 15) is 0 Å². The predicted octanol–water partition coefficient (Wildman–Crippen LogP) is 3.03. The first-order chi connectivity index (χ1) is 7.92. The molecule has 2 atom stereocenters. The molecule has 2 fully saturated rings. The van der Waals surface area contributed by atoms with Gasteiger partial charge in [-0.2, -0.15) is 4.99 Å². The van der Waals surface area contributed by atoms with Crippen LogP contribution in [-0.2, 0) is 9.47 Å². The number of benzene rings is 1. The number of para-hydroxylation sites is 1. The zero-order valence-electron chi connectivity index (χ0n) is 9.13. The third-order valence-corrected chi connectivity index (χ3v) is 3.12. The molecule has 1 saturated heterocycles. The van der Waals surface area contributed by atoms with Crippen LogP contribution in [0, 0.1) is 0 Å². The Morgan fingerprint density at radius 1 is 0.938 bits per heavy atom. The molecule has 84 valence electrons. The van der Waals surface area contributed by atoms with E-state index in [0.29, 0.717) is 6.08 Å². The second-order valence-corrected chi connectivity index (χ2v) is 4.31. The molecule has 0 spiro atoms. The predicted molar refractivity (Wildman–Crippen MR) is 61.8 cm³/mol. The molecule has 1 aliphatic carbocycles. The molecule has 3 rings (SSSR count). The van der Waals surface area contributed by atoms with Crippen LogP contribution in [0.25, 0.3) is 0 Å². The van der Waals surface area contributed by atoms with Crippen molar-refractivity contribution in [2.24, 2.45) is 4.99 Å². The number of nitrogens with zero attached hydrogens (tertiary/aromatic N) is 1. The summed E-state index contributed by atoms with van der Waals surface area (Å²) in [6, 6.07) is 9.78. The largest absolute Gasteiger partial charge is 0.443 e. The standard InChI is InChI=1S/C13H15NO2/c1-2-6-10(7-3-1)14-13-15-11-8-4-5-9-12(11)16-13/h1-3,6-7,11-12H,4-5,8-9H2. The van der Waals surface area contributed by atoms with Gasteiger partial charge in [0, 0.05) is 0 Å². The first kappa shape index (κ1) is 9.70. The molecule has 2 unspecified atom stereocenters. The molecule has 1 aromatic carbocycles. The summed E-state index contributed by atoms with van der Waals surface area (Å²) in [5, 5.41) is 0. The van der Waals surface area contributed by atoms with Gasteiger partial charge in [0.2, 0.25) is 0 Å². The quantitative estimate of drug-likeness (QED) is 0.724. The fourth-order valence-electron chi connectivity index (χ4n) is 2.28. The van der Waals surface area contributed by atoms with Gasteiger partial charge in [0.1, 0.15) is 12.2 Å². The van der Waals surface area contributed by atoms with Crippen molar-refractivity contribution in [3.63, 3.8) is 0 Å². The smallest absolute Gasteiger partial charge is 0.389 e. The monoisotopic (exact) mass is 217 g/mol. The van der Waals surface area contributed by atoms with Gasteiger partial charge in [-0.1, -0.05) is 18.2 Å². The normalized spacial score (nSPS) is 27.9. The molecule has 1 aliphatic heterocycles. The van der Waals surface area contributed by atoms with E-state index >= 15 is 0 Å². The van der Waals surface area contributed by atoms with Gasteiger partial charge in [-0.15, -0.1) is 0 Å². The van der Waals surface area contributed by atoms with Crippen LogP contribution >= 0.6 is 0 Å². The zero-order valence-corrected chi connectivity index (χ0v) is 9.13. The third kappa shape index (κ3) is 1.90. The van der Waals surface area contributed by atoms with E-state index in [-0.39, 0.29) is 12.2 Å². The summed E-state index contributed by atoms with van der Waals surface area (Å²) in [6.45, 7) is 0. The van der Waals surface area contributed by atoms with Gasteiger partial charge < -0.3 is 9.47 Å². The number of hydrogen-bond donors (Lipinski definition) is 0. The fourth-order valence-corrected chi connectivity index (χ4v) is 2.28. The van der Waals surface area contributed by atoms with Crippen molar-refractivity contribution in [1.29, 1.82) is 0 Å². The van der Waals surface area contributed by atoms with Crippen LogP contribution in [-0.4, -0.2) is 18.3 Å². The molecule has 0 N–H and O–H groups in total. The second kappa shape index (κ2) is 4.16. The minimum Gasteiger partial charge on any atom is -0.443 e. The Morgan fingerprint density at radius 2 is 1.56 bits per heavy atom. The van der Waals surface area contributed by atoms with Gasteiger partial charge in [0.05, 0.1) is 5.69 Å². The lowest BCUT2D eigenvalue weighted by atomic mass is 9.95. The van der Waals surface area contributed by atoms with Crippen molar-refractivity contribution in [1.82, 2.24) is 0 Å². The molecule has 1 heterocycles. The minimum absolute atomic E-state index is 0.233. The summed E-state index contributed by atoms with van der Waals surface area (Å²) >= 11 is 0. The Kier molecular flexibility index (Phi) is 2.52. The first-order valence-electron chi connectivity index (χ1n) is 5.89.